The number of pyridine rings is 1. The van der Waals surface area contributed by atoms with Crippen molar-refractivity contribution >= 4 is 23.3 Å². The van der Waals surface area contributed by atoms with E-state index in [0.29, 0.717) is 23.3 Å². The van der Waals surface area contributed by atoms with E-state index in [9.17, 15) is 4.79 Å². The van der Waals surface area contributed by atoms with Crippen molar-refractivity contribution in [3.63, 3.8) is 0 Å². The molecule has 1 aliphatic heterocycles. The molecule has 1 unspecified atom stereocenters. The first-order chi connectivity index (χ1) is 10.7. The van der Waals surface area contributed by atoms with Gasteiger partial charge in [0, 0.05) is 25.0 Å². The molecular weight excluding hydrogens is 300 g/mol. The van der Waals surface area contributed by atoms with Crippen molar-refractivity contribution in [2.24, 2.45) is 5.92 Å². The van der Waals surface area contributed by atoms with E-state index >= 15 is 0 Å². The number of aromatic nitrogens is 1. The molecule has 1 aromatic heterocycles. The van der Waals surface area contributed by atoms with E-state index in [1.165, 1.54) is 12.8 Å². The lowest BCUT2D eigenvalue weighted by molar-refractivity contribution is -0.134. The van der Waals surface area contributed by atoms with Gasteiger partial charge in [-0.2, -0.15) is 5.26 Å². The molecule has 116 valence electrons. The maximum absolute atomic E-state index is 12.4. The van der Waals surface area contributed by atoms with Crippen LogP contribution < -0.4 is 5.32 Å². The number of nitrogens with one attached hydrogen (secondary N) is 1. The van der Waals surface area contributed by atoms with Gasteiger partial charge in [-0.1, -0.05) is 24.4 Å². The molecule has 6 heteroatoms. The van der Waals surface area contributed by atoms with Gasteiger partial charge in [-0.05, 0) is 31.4 Å². The van der Waals surface area contributed by atoms with Crippen LogP contribution in [0.1, 0.15) is 37.8 Å². The van der Waals surface area contributed by atoms with E-state index in [1.54, 1.807) is 12.1 Å². The Bertz CT molecular complexity index is 607. The number of hydrogen-bond acceptors (Lipinski definition) is 4. The summed E-state index contributed by atoms with van der Waals surface area (Å²) in [6.45, 7) is 1.51. The van der Waals surface area contributed by atoms with Crippen molar-refractivity contribution in [3.05, 3.63) is 22.8 Å². The lowest BCUT2D eigenvalue weighted by Gasteiger charge is -2.20. The summed E-state index contributed by atoms with van der Waals surface area (Å²) in [7, 11) is 0. The molecule has 1 aliphatic carbocycles. The number of likely N-dealkylation sites (tertiary alicyclic amines) is 1. The van der Waals surface area contributed by atoms with Crippen molar-refractivity contribution in [1.29, 1.82) is 5.26 Å². The molecule has 2 aliphatic rings. The highest BCUT2D eigenvalue weighted by atomic mass is 35.5. The van der Waals surface area contributed by atoms with Crippen LogP contribution in [0.15, 0.2) is 12.1 Å². The lowest BCUT2D eigenvalue weighted by Crippen LogP contribution is -2.35. The van der Waals surface area contributed by atoms with Crippen molar-refractivity contribution in [2.45, 2.75) is 38.1 Å². The highest BCUT2D eigenvalue weighted by molar-refractivity contribution is 6.31. The van der Waals surface area contributed by atoms with Crippen LogP contribution >= 0.6 is 11.6 Å². The van der Waals surface area contributed by atoms with E-state index in [2.05, 4.69) is 10.3 Å². The molecule has 1 aromatic rings. The first-order valence-electron chi connectivity index (χ1n) is 7.79. The van der Waals surface area contributed by atoms with Crippen LogP contribution in [-0.2, 0) is 4.79 Å². The Labute approximate surface area is 135 Å². The molecule has 1 saturated heterocycles. The summed E-state index contributed by atoms with van der Waals surface area (Å²) in [5.74, 6) is 1.18. The molecule has 0 radical (unpaired) electrons. The Balaban J connectivity index is 1.59. The molecule has 22 heavy (non-hydrogen) atoms. The zero-order valence-corrected chi connectivity index (χ0v) is 13.1. The molecule has 0 bridgehead atoms. The molecule has 2 heterocycles. The molecule has 1 saturated carbocycles. The molecule has 3 rings (SSSR count). The quantitative estimate of drug-likeness (QED) is 0.930. The van der Waals surface area contributed by atoms with E-state index < -0.39 is 0 Å². The van der Waals surface area contributed by atoms with Crippen LogP contribution in [-0.4, -0.2) is 34.9 Å². The summed E-state index contributed by atoms with van der Waals surface area (Å²) in [4.78, 5) is 18.6. The number of hydrogen-bond donors (Lipinski definition) is 1. The molecule has 2 fully saturated rings. The van der Waals surface area contributed by atoms with Crippen LogP contribution in [0.4, 0.5) is 5.82 Å². The molecule has 0 aromatic carbocycles. The smallest absolute Gasteiger partial charge is 0.225 e. The SMILES string of the molecule is N#Cc1nc(NC2CCN(C(=O)C3CCCC3)C2)ccc1Cl. The van der Waals surface area contributed by atoms with Gasteiger partial charge >= 0.3 is 0 Å². The van der Waals surface area contributed by atoms with Crippen molar-refractivity contribution in [2.75, 3.05) is 18.4 Å². The average Bonchev–Trinajstić information content (AvgIpc) is 3.20. The Kier molecular flexibility index (Phi) is 4.49. The number of halogens is 1. The van der Waals surface area contributed by atoms with Gasteiger partial charge < -0.3 is 10.2 Å². The van der Waals surface area contributed by atoms with Gasteiger partial charge in [0.15, 0.2) is 5.69 Å². The van der Waals surface area contributed by atoms with E-state index in [0.717, 1.165) is 25.8 Å². The zero-order valence-electron chi connectivity index (χ0n) is 12.4. The number of carbonyl (C=O) groups excluding carboxylic acids is 1. The summed E-state index contributed by atoms with van der Waals surface area (Å²) in [6, 6.07) is 5.60. The molecule has 0 spiro atoms. The fourth-order valence-corrected chi connectivity index (χ4v) is 3.47. The second-order valence-electron chi connectivity index (χ2n) is 6.03. The predicted molar refractivity (Wildman–Crippen MR) is 84.5 cm³/mol. The van der Waals surface area contributed by atoms with Gasteiger partial charge in [0.25, 0.3) is 0 Å². The third-order valence-electron chi connectivity index (χ3n) is 4.51. The number of anilines is 1. The minimum absolute atomic E-state index is 0.186. The van der Waals surface area contributed by atoms with Gasteiger partial charge in [0.05, 0.1) is 5.02 Å². The summed E-state index contributed by atoms with van der Waals surface area (Å²) < 4.78 is 0. The van der Waals surface area contributed by atoms with Gasteiger partial charge in [-0.3, -0.25) is 4.79 Å². The number of amides is 1. The zero-order chi connectivity index (χ0) is 15.5. The van der Waals surface area contributed by atoms with E-state index in [4.69, 9.17) is 16.9 Å². The van der Waals surface area contributed by atoms with Crippen molar-refractivity contribution in [3.8, 4) is 6.07 Å². The number of nitrogens with zero attached hydrogens (tertiary/aromatic N) is 3. The second-order valence-corrected chi connectivity index (χ2v) is 6.44. The van der Waals surface area contributed by atoms with Gasteiger partial charge in [0.2, 0.25) is 5.91 Å². The van der Waals surface area contributed by atoms with Crippen molar-refractivity contribution in [1.82, 2.24) is 9.88 Å². The third kappa shape index (κ3) is 3.17. The Hall–Kier alpha value is -1.80. The molecule has 5 nitrogen and oxygen atoms in total. The predicted octanol–water partition coefficient (Wildman–Crippen LogP) is 2.81. The minimum Gasteiger partial charge on any atom is -0.365 e. The topological polar surface area (TPSA) is 69.0 Å². The van der Waals surface area contributed by atoms with E-state index in [-0.39, 0.29) is 17.7 Å². The minimum atomic E-state index is 0.186. The van der Waals surface area contributed by atoms with Crippen LogP contribution in [0, 0.1) is 17.2 Å². The number of rotatable bonds is 3. The van der Waals surface area contributed by atoms with Crippen LogP contribution in [0.5, 0.6) is 0 Å². The van der Waals surface area contributed by atoms with Crippen LogP contribution in [0.25, 0.3) is 0 Å². The molecular formula is C16H19ClN4O. The fraction of sp³-hybridized carbons (Fsp3) is 0.562. The Morgan fingerprint density at radius 1 is 1.36 bits per heavy atom. The number of nitriles is 1. The Morgan fingerprint density at radius 2 is 2.14 bits per heavy atom. The highest BCUT2D eigenvalue weighted by Crippen LogP contribution is 2.28. The van der Waals surface area contributed by atoms with Crippen molar-refractivity contribution < 1.29 is 4.79 Å². The van der Waals surface area contributed by atoms with Gasteiger partial charge in [-0.15, -0.1) is 0 Å². The van der Waals surface area contributed by atoms with E-state index in [1.807, 2.05) is 11.0 Å². The maximum Gasteiger partial charge on any atom is 0.225 e. The Morgan fingerprint density at radius 3 is 2.86 bits per heavy atom. The van der Waals surface area contributed by atoms with Crippen LogP contribution in [0.3, 0.4) is 0 Å². The summed E-state index contributed by atoms with van der Waals surface area (Å²) in [5.41, 5.74) is 0.226. The first-order valence-corrected chi connectivity index (χ1v) is 8.17. The average molecular weight is 319 g/mol. The normalized spacial score (nSPS) is 21.8. The largest absolute Gasteiger partial charge is 0.365 e. The second kappa shape index (κ2) is 6.53. The first kappa shape index (κ1) is 15.1. The molecule has 1 N–H and O–H groups in total. The standard InChI is InChI=1S/C16H19ClN4O/c17-13-5-6-15(20-14(13)9-18)19-12-7-8-21(10-12)16(22)11-3-1-2-4-11/h5-6,11-12H,1-4,7-8,10H2,(H,19,20). The van der Waals surface area contributed by atoms with Gasteiger partial charge in [0.1, 0.15) is 11.9 Å². The fourth-order valence-electron chi connectivity index (χ4n) is 3.32. The monoisotopic (exact) mass is 318 g/mol. The summed E-state index contributed by atoms with van der Waals surface area (Å²) in [5, 5.41) is 12.6. The molecule has 1 amide bonds. The highest BCUT2D eigenvalue weighted by Gasteiger charge is 2.32. The molecule has 1 atom stereocenters. The van der Waals surface area contributed by atoms with Crippen LogP contribution in [0.2, 0.25) is 5.02 Å². The van der Waals surface area contributed by atoms with Gasteiger partial charge in [-0.25, -0.2) is 4.98 Å². The lowest BCUT2D eigenvalue weighted by atomic mass is 10.1. The summed E-state index contributed by atoms with van der Waals surface area (Å²) >= 11 is 5.88. The number of carbonyl (C=O) groups is 1. The maximum atomic E-state index is 12.4. The summed E-state index contributed by atoms with van der Waals surface area (Å²) in [6.07, 6.45) is 5.34. The third-order valence-corrected chi connectivity index (χ3v) is 4.81.